The molecule has 0 aliphatic rings. The summed E-state index contributed by atoms with van der Waals surface area (Å²) in [5.74, 6) is 0.480. The summed E-state index contributed by atoms with van der Waals surface area (Å²) in [4.78, 5) is 12.2. The van der Waals surface area contributed by atoms with Crippen LogP contribution in [0.5, 0.6) is 5.75 Å². The first kappa shape index (κ1) is 19.0. The van der Waals surface area contributed by atoms with Crippen LogP contribution in [-0.2, 0) is 6.61 Å². The summed E-state index contributed by atoms with van der Waals surface area (Å²) in [5, 5.41) is 4.75. The van der Waals surface area contributed by atoms with Gasteiger partial charge in [0, 0.05) is 11.1 Å². The molecule has 0 fully saturated rings. The zero-order valence-corrected chi connectivity index (χ0v) is 15.7. The van der Waals surface area contributed by atoms with Gasteiger partial charge >= 0.3 is 0 Å². The van der Waals surface area contributed by atoms with Gasteiger partial charge in [-0.1, -0.05) is 65.7 Å². The average Bonchev–Trinajstić information content (AvgIpc) is 2.70. The molecule has 136 valence electrons. The fourth-order valence-electron chi connectivity index (χ4n) is 2.28. The van der Waals surface area contributed by atoms with Crippen molar-refractivity contribution in [3.05, 3.63) is 99.5 Å². The Morgan fingerprint density at radius 3 is 2.44 bits per heavy atom. The Morgan fingerprint density at radius 2 is 1.70 bits per heavy atom. The van der Waals surface area contributed by atoms with Crippen LogP contribution in [0.1, 0.15) is 21.5 Å². The second-order valence-corrected chi connectivity index (χ2v) is 6.43. The van der Waals surface area contributed by atoms with Crippen LogP contribution in [0.4, 0.5) is 0 Å². The van der Waals surface area contributed by atoms with Crippen molar-refractivity contribution < 1.29 is 9.53 Å². The first-order valence-electron chi connectivity index (χ1n) is 8.17. The normalized spacial score (nSPS) is 10.7. The van der Waals surface area contributed by atoms with Crippen LogP contribution in [0.3, 0.4) is 0 Å². The Bertz CT molecular complexity index is 942. The van der Waals surface area contributed by atoms with Crippen molar-refractivity contribution in [2.45, 2.75) is 6.61 Å². The molecule has 0 aliphatic carbocycles. The molecule has 0 radical (unpaired) electrons. The van der Waals surface area contributed by atoms with Crippen LogP contribution in [0.2, 0.25) is 10.0 Å². The van der Waals surface area contributed by atoms with Crippen LogP contribution in [0.25, 0.3) is 0 Å². The lowest BCUT2D eigenvalue weighted by atomic mass is 10.1. The van der Waals surface area contributed by atoms with Gasteiger partial charge in [0.1, 0.15) is 12.4 Å². The lowest BCUT2D eigenvalue weighted by Gasteiger charge is -2.06. The summed E-state index contributed by atoms with van der Waals surface area (Å²) in [5.41, 5.74) is 4.55. The zero-order valence-electron chi connectivity index (χ0n) is 14.2. The maximum Gasteiger partial charge on any atom is 0.271 e. The molecule has 0 aliphatic heterocycles. The van der Waals surface area contributed by atoms with Gasteiger partial charge in [-0.05, 0) is 35.9 Å². The number of rotatable bonds is 6. The molecule has 0 heterocycles. The third-order valence-electron chi connectivity index (χ3n) is 3.72. The van der Waals surface area contributed by atoms with E-state index < -0.39 is 0 Å². The molecule has 0 saturated heterocycles. The molecule has 0 atom stereocenters. The van der Waals surface area contributed by atoms with Crippen molar-refractivity contribution in [2.24, 2.45) is 5.10 Å². The van der Waals surface area contributed by atoms with E-state index in [1.807, 2.05) is 42.5 Å². The number of nitrogens with one attached hydrogen (secondary N) is 1. The molecule has 0 bridgehead atoms. The van der Waals surface area contributed by atoms with Gasteiger partial charge in [-0.2, -0.15) is 5.10 Å². The van der Waals surface area contributed by atoms with Crippen LogP contribution < -0.4 is 10.2 Å². The number of para-hydroxylation sites is 1. The SMILES string of the molecule is O=C(N/N=C\c1cccc(Cl)c1Cl)c1ccc(COc2ccccc2)cc1. The molecule has 0 unspecified atom stereocenters. The molecule has 6 heteroatoms. The number of amides is 1. The van der Waals surface area contributed by atoms with E-state index in [0.29, 0.717) is 27.8 Å². The van der Waals surface area contributed by atoms with Crippen LogP contribution in [-0.4, -0.2) is 12.1 Å². The third kappa shape index (κ3) is 5.33. The van der Waals surface area contributed by atoms with Crippen LogP contribution in [0.15, 0.2) is 77.9 Å². The number of carbonyl (C=O) groups excluding carboxylic acids is 1. The predicted molar refractivity (Wildman–Crippen MR) is 109 cm³/mol. The lowest BCUT2D eigenvalue weighted by molar-refractivity contribution is 0.0955. The predicted octanol–water partition coefficient (Wildman–Crippen LogP) is 5.34. The van der Waals surface area contributed by atoms with Gasteiger partial charge in [0.25, 0.3) is 5.91 Å². The highest BCUT2D eigenvalue weighted by atomic mass is 35.5. The number of nitrogens with zero attached hydrogens (tertiary/aromatic N) is 1. The van der Waals surface area contributed by atoms with Crippen molar-refractivity contribution in [3.8, 4) is 5.75 Å². The number of hydrogen-bond acceptors (Lipinski definition) is 3. The quantitative estimate of drug-likeness (QED) is 0.450. The number of ether oxygens (including phenoxy) is 1. The maximum atomic E-state index is 12.2. The van der Waals surface area contributed by atoms with E-state index in [1.165, 1.54) is 6.21 Å². The Hall–Kier alpha value is -2.82. The second kappa shape index (κ2) is 9.21. The molecule has 27 heavy (non-hydrogen) atoms. The van der Waals surface area contributed by atoms with Gasteiger partial charge in [-0.15, -0.1) is 0 Å². The highest BCUT2D eigenvalue weighted by Gasteiger charge is 2.05. The largest absolute Gasteiger partial charge is 0.489 e. The monoisotopic (exact) mass is 398 g/mol. The average molecular weight is 399 g/mol. The summed E-state index contributed by atoms with van der Waals surface area (Å²) in [6.45, 7) is 0.428. The van der Waals surface area contributed by atoms with E-state index in [-0.39, 0.29) is 5.91 Å². The highest BCUT2D eigenvalue weighted by Crippen LogP contribution is 2.24. The molecule has 3 aromatic rings. The maximum absolute atomic E-state index is 12.2. The Kier molecular flexibility index (Phi) is 6.47. The fraction of sp³-hybridized carbons (Fsp3) is 0.0476. The standard InChI is InChI=1S/C21H16Cl2N2O2/c22-19-8-4-5-17(20(19)23)13-24-25-21(26)16-11-9-15(10-12-16)14-27-18-6-2-1-3-7-18/h1-13H,14H2,(H,25,26)/b24-13-. The molecule has 0 spiro atoms. The molecule has 4 nitrogen and oxygen atoms in total. The first-order valence-corrected chi connectivity index (χ1v) is 8.93. The smallest absolute Gasteiger partial charge is 0.271 e. The van der Waals surface area contributed by atoms with E-state index in [4.69, 9.17) is 27.9 Å². The molecule has 0 aromatic heterocycles. The summed E-state index contributed by atoms with van der Waals surface area (Å²) >= 11 is 12.0. The minimum atomic E-state index is -0.320. The van der Waals surface area contributed by atoms with Crippen LogP contribution in [0, 0.1) is 0 Å². The van der Waals surface area contributed by atoms with Gasteiger partial charge in [0.15, 0.2) is 0 Å². The summed E-state index contributed by atoms with van der Waals surface area (Å²) in [6.07, 6.45) is 1.45. The third-order valence-corrected chi connectivity index (χ3v) is 4.55. The van der Waals surface area contributed by atoms with Crippen molar-refractivity contribution in [3.63, 3.8) is 0 Å². The van der Waals surface area contributed by atoms with Gasteiger partial charge < -0.3 is 4.74 Å². The van der Waals surface area contributed by atoms with Crippen molar-refractivity contribution in [2.75, 3.05) is 0 Å². The number of hydrazone groups is 1. The number of benzene rings is 3. The highest BCUT2D eigenvalue weighted by molar-refractivity contribution is 6.43. The Labute approximate surface area is 167 Å². The number of hydrogen-bond donors (Lipinski definition) is 1. The molecule has 1 N–H and O–H groups in total. The van der Waals surface area contributed by atoms with Gasteiger partial charge in [-0.3, -0.25) is 4.79 Å². The van der Waals surface area contributed by atoms with Gasteiger partial charge in [0.05, 0.1) is 16.3 Å². The van der Waals surface area contributed by atoms with Crippen molar-refractivity contribution >= 4 is 35.3 Å². The Balaban J connectivity index is 1.55. The van der Waals surface area contributed by atoms with E-state index in [2.05, 4.69) is 10.5 Å². The lowest BCUT2D eigenvalue weighted by Crippen LogP contribution is -2.17. The second-order valence-electron chi connectivity index (χ2n) is 5.64. The molecular weight excluding hydrogens is 383 g/mol. The summed E-state index contributed by atoms with van der Waals surface area (Å²) < 4.78 is 5.68. The minimum Gasteiger partial charge on any atom is -0.489 e. The fourth-order valence-corrected chi connectivity index (χ4v) is 2.64. The van der Waals surface area contributed by atoms with E-state index in [0.717, 1.165) is 11.3 Å². The van der Waals surface area contributed by atoms with E-state index in [1.54, 1.807) is 30.3 Å². The van der Waals surface area contributed by atoms with E-state index in [9.17, 15) is 4.79 Å². The van der Waals surface area contributed by atoms with Crippen LogP contribution >= 0.6 is 23.2 Å². The molecule has 1 amide bonds. The molecular formula is C21H16Cl2N2O2. The summed E-state index contributed by atoms with van der Waals surface area (Å²) in [6, 6.07) is 21.9. The molecule has 3 aromatic carbocycles. The molecule has 0 saturated carbocycles. The van der Waals surface area contributed by atoms with Crippen molar-refractivity contribution in [1.29, 1.82) is 0 Å². The van der Waals surface area contributed by atoms with Crippen molar-refractivity contribution in [1.82, 2.24) is 5.43 Å². The number of carbonyl (C=O) groups is 1. The first-order chi connectivity index (χ1) is 13.1. The van der Waals surface area contributed by atoms with E-state index >= 15 is 0 Å². The zero-order chi connectivity index (χ0) is 19.1. The topological polar surface area (TPSA) is 50.7 Å². The van der Waals surface area contributed by atoms with Gasteiger partial charge in [-0.25, -0.2) is 5.43 Å². The Morgan fingerprint density at radius 1 is 0.963 bits per heavy atom. The number of halogens is 2. The molecule has 3 rings (SSSR count). The van der Waals surface area contributed by atoms with Gasteiger partial charge in [0.2, 0.25) is 0 Å². The minimum absolute atomic E-state index is 0.320. The summed E-state index contributed by atoms with van der Waals surface area (Å²) in [7, 11) is 0.